The van der Waals surface area contributed by atoms with Crippen LogP contribution in [0.2, 0.25) is 0 Å². The minimum atomic E-state index is -0.368. The van der Waals surface area contributed by atoms with E-state index in [-0.39, 0.29) is 23.3 Å². The summed E-state index contributed by atoms with van der Waals surface area (Å²) in [5.74, 6) is 0. The number of nitrogens with zero attached hydrogens (tertiary/aromatic N) is 2. The van der Waals surface area contributed by atoms with Gasteiger partial charge in [0.25, 0.3) is 0 Å². The van der Waals surface area contributed by atoms with E-state index in [1.807, 2.05) is 0 Å². The van der Waals surface area contributed by atoms with E-state index in [4.69, 9.17) is 11.5 Å². The van der Waals surface area contributed by atoms with Crippen molar-refractivity contribution in [2.24, 2.45) is 11.5 Å². The van der Waals surface area contributed by atoms with Crippen molar-refractivity contribution in [1.29, 1.82) is 0 Å². The summed E-state index contributed by atoms with van der Waals surface area (Å²) in [4.78, 5) is 4.34. The zero-order valence-corrected chi connectivity index (χ0v) is 18.4. The van der Waals surface area contributed by atoms with E-state index in [0.29, 0.717) is 25.9 Å². The van der Waals surface area contributed by atoms with Gasteiger partial charge >= 0.3 is 0 Å². The molecule has 2 rings (SSSR count). The van der Waals surface area contributed by atoms with Crippen molar-refractivity contribution in [2.75, 3.05) is 40.3 Å². The first-order chi connectivity index (χ1) is 13.2. The molecule has 2 fully saturated rings. The van der Waals surface area contributed by atoms with Gasteiger partial charge < -0.3 is 31.5 Å². The molecule has 6 nitrogen and oxygen atoms in total. The third kappa shape index (κ3) is 8.64. The third-order valence-electron chi connectivity index (χ3n) is 6.89. The second kappa shape index (κ2) is 11.2. The molecule has 0 aromatic rings. The first-order valence-electron chi connectivity index (χ1n) is 11.5. The largest absolute Gasteiger partial charge is 0.392 e. The van der Waals surface area contributed by atoms with Gasteiger partial charge in [-0.2, -0.15) is 0 Å². The summed E-state index contributed by atoms with van der Waals surface area (Å²) in [6, 6.07) is 0. The summed E-state index contributed by atoms with van der Waals surface area (Å²) in [5.41, 5.74) is 12.6. The molecule has 6 heteroatoms. The van der Waals surface area contributed by atoms with Gasteiger partial charge in [0.05, 0.1) is 12.2 Å². The van der Waals surface area contributed by atoms with Crippen LogP contribution in [0.3, 0.4) is 0 Å². The molecule has 166 valence electrons. The molecule has 0 heterocycles. The number of hydrogen-bond acceptors (Lipinski definition) is 6. The van der Waals surface area contributed by atoms with E-state index in [1.165, 1.54) is 38.5 Å². The minimum absolute atomic E-state index is 0.170. The molecule has 0 spiro atoms. The molecule has 0 aromatic carbocycles. The number of aliphatic hydroxyl groups is 2. The average molecular weight is 399 g/mol. The van der Waals surface area contributed by atoms with Crippen LogP contribution in [0.25, 0.3) is 0 Å². The Balaban J connectivity index is 1.62. The maximum Gasteiger partial charge on any atom is 0.0684 e. The molecular weight excluding hydrogens is 352 g/mol. The highest BCUT2D eigenvalue weighted by atomic mass is 16.3. The van der Waals surface area contributed by atoms with Gasteiger partial charge in [0, 0.05) is 37.3 Å². The monoisotopic (exact) mass is 398 g/mol. The lowest BCUT2D eigenvalue weighted by Crippen LogP contribution is -2.48. The van der Waals surface area contributed by atoms with Crippen LogP contribution in [0.15, 0.2) is 0 Å². The van der Waals surface area contributed by atoms with Gasteiger partial charge in [-0.3, -0.25) is 0 Å². The van der Waals surface area contributed by atoms with Crippen molar-refractivity contribution >= 4 is 0 Å². The van der Waals surface area contributed by atoms with E-state index < -0.39 is 0 Å². The highest BCUT2D eigenvalue weighted by Gasteiger charge is 2.31. The third-order valence-corrected chi connectivity index (χ3v) is 6.89. The summed E-state index contributed by atoms with van der Waals surface area (Å²) in [6.45, 7) is 3.04. The molecule has 0 aromatic heterocycles. The van der Waals surface area contributed by atoms with Crippen LogP contribution in [0, 0.1) is 0 Å². The van der Waals surface area contributed by atoms with Crippen molar-refractivity contribution < 1.29 is 10.2 Å². The molecule has 0 aliphatic heterocycles. The lowest BCUT2D eigenvalue weighted by Gasteiger charge is -2.36. The Morgan fingerprint density at radius 2 is 1.00 bits per heavy atom. The molecule has 2 unspecified atom stereocenters. The Labute approximate surface area is 172 Å². The standard InChI is InChI=1S/C22H46N4O2/c1-25(17-19(27)15-21(23)9-5-3-6-10-21)13-14-26(2)18-20(28)16-22(24)11-7-4-8-12-22/h19-20,27-28H,3-18,23-24H2,1-2H3. The van der Waals surface area contributed by atoms with Gasteiger partial charge in [-0.25, -0.2) is 0 Å². The van der Waals surface area contributed by atoms with Crippen LogP contribution in [0.5, 0.6) is 0 Å². The highest BCUT2D eigenvalue weighted by molar-refractivity contribution is 4.91. The Kier molecular flexibility index (Phi) is 9.64. The van der Waals surface area contributed by atoms with E-state index in [1.54, 1.807) is 0 Å². The maximum atomic E-state index is 10.5. The molecule has 28 heavy (non-hydrogen) atoms. The summed E-state index contributed by atoms with van der Waals surface area (Å²) < 4.78 is 0. The van der Waals surface area contributed by atoms with Crippen LogP contribution in [-0.2, 0) is 0 Å². The molecule has 0 bridgehead atoms. The molecule has 0 saturated heterocycles. The molecule has 0 amide bonds. The molecule has 2 atom stereocenters. The van der Waals surface area contributed by atoms with Crippen molar-refractivity contribution in [3.05, 3.63) is 0 Å². The zero-order valence-electron chi connectivity index (χ0n) is 18.4. The summed E-state index contributed by atoms with van der Waals surface area (Å²) in [6.07, 6.45) is 12.1. The van der Waals surface area contributed by atoms with Crippen LogP contribution >= 0.6 is 0 Å². The van der Waals surface area contributed by atoms with E-state index in [2.05, 4.69) is 23.9 Å². The lowest BCUT2D eigenvalue weighted by atomic mass is 9.79. The van der Waals surface area contributed by atoms with Crippen LogP contribution in [0.1, 0.15) is 77.0 Å². The van der Waals surface area contributed by atoms with E-state index in [0.717, 1.165) is 38.8 Å². The number of nitrogens with two attached hydrogens (primary N) is 2. The number of rotatable bonds is 11. The first-order valence-corrected chi connectivity index (χ1v) is 11.5. The van der Waals surface area contributed by atoms with Gasteiger partial charge in [-0.15, -0.1) is 0 Å². The molecule has 6 N–H and O–H groups in total. The van der Waals surface area contributed by atoms with Gasteiger partial charge in [0.1, 0.15) is 0 Å². The normalized spacial score (nSPS) is 24.4. The quantitative estimate of drug-likeness (QED) is 0.423. The lowest BCUT2D eigenvalue weighted by molar-refractivity contribution is 0.0677. The van der Waals surface area contributed by atoms with Crippen LogP contribution in [-0.4, -0.2) is 83.6 Å². The number of aliphatic hydroxyl groups excluding tert-OH is 2. The van der Waals surface area contributed by atoms with Crippen molar-refractivity contribution in [1.82, 2.24) is 9.80 Å². The average Bonchev–Trinajstić information content (AvgIpc) is 2.60. The van der Waals surface area contributed by atoms with E-state index in [9.17, 15) is 10.2 Å². The predicted octanol–water partition coefficient (Wildman–Crippen LogP) is 1.68. The molecule has 2 aliphatic carbocycles. The van der Waals surface area contributed by atoms with Crippen molar-refractivity contribution in [3.63, 3.8) is 0 Å². The van der Waals surface area contributed by atoms with Crippen LogP contribution in [0.4, 0.5) is 0 Å². The van der Waals surface area contributed by atoms with Crippen molar-refractivity contribution in [2.45, 2.75) is 100 Å². The second-order valence-electron chi connectivity index (χ2n) is 10.1. The van der Waals surface area contributed by atoms with Gasteiger partial charge in [-0.05, 0) is 52.6 Å². The second-order valence-corrected chi connectivity index (χ2v) is 10.1. The maximum absolute atomic E-state index is 10.5. The Hall–Kier alpha value is -0.240. The topological polar surface area (TPSA) is 99.0 Å². The summed E-state index contributed by atoms with van der Waals surface area (Å²) >= 11 is 0. The Morgan fingerprint density at radius 1 is 0.679 bits per heavy atom. The molecule has 0 radical (unpaired) electrons. The zero-order chi connectivity index (χ0) is 20.6. The van der Waals surface area contributed by atoms with Gasteiger partial charge in [-0.1, -0.05) is 38.5 Å². The minimum Gasteiger partial charge on any atom is -0.392 e. The number of hydrogen-bond donors (Lipinski definition) is 4. The van der Waals surface area contributed by atoms with E-state index >= 15 is 0 Å². The molecule has 2 aliphatic rings. The highest BCUT2D eigenvalue weighted by Crippen LogP contribution is 2.30. The van der Waals surface area contributed by atoms with Gasteiger partial charge in [0.2, 0.25) is 0 Å². The summed E-state index contributed by atoms with van der Waals surface area (Å²) in [7, 11) is 4.10. The first kappa shape index (κ1) is 24.0. The molecule has 2 saturated carbocycles. The predicted molar refractivity (Wildman–Crippen MR) is 116 cm³/mol. The smallest absolute Gasteiger partial charge is 0.0684 e. The summed E-state index contributed by atoms with van der Waals surface area (Å²) in [5, 5.41) is 20.9. The van der Waals surface area contributed by atoms with Gasteiger partial charge in [0.15, 0.2) is 0 Å². The number of likely N-dealkylation sites (N-methyl/N-ethyl adjacent to an activating group) is 2. The Morgan fingerprint density at radius 3 is 1.32 bits per heavy atom. The fraction of sp³-hybridized carbons (Fsp3) is 1.00. The fourth-order valence-electron chi connectivity index (χ4n) is 5.23. The SMILES string of the molecule is CN(CCN(C)CC(O)CC1(N)CCCCC1)CC(O)CC1(N)CCCCC1. The van der Waals surface area contributed by atoms with Crippen molar-refractivity contribution in [3.8, 4) is 0 Å². The fourth-order valence-corrected chi connectivity index (χ4v) is 5.23. The van der Waals surface area contributed by atoms with Crippen LogP contribution < -0.4 is 11.5 Å². The molecular formula is C22H46N4O2. The Bertz CT molecular complexity index is 396.